The number of nitrogens with zero attached hydrogens (tertiary/aromatic N) is 3. The minimum absolute atomic E-state index is 0.0142. The van der Waals surface area contributed by atoms with Crippen molar-refractivity contribution in [3.8, 4) is 5.75 Å². The number of aromatic amines is 1. The Morgan fingerprint density at radius 1 is 1.22 bits per heavy atom. The topological polar surface area (TPSA) is 87.2 Å². The summed E-state index contributed by atoms with van der Waals surface area (Å²) in [6.45, 7) is 6.64. The number of aliphatic imine (C=N–C) groups is 1. The fraction of sp³-hybridized carbons (Fsp3) is 0.458. The van der Waals surface area contributed by atoms with Crippen molar-refractivity contribution < 1.29 is 19.1 Å². The third-order valence-electron chi connectivity index (χ3n) is 6.01. The van der Waals surface area contributed by atoms with Crippen LogP contribution in [0.15, 0.2) is 46.8 Å². The molecule has 1 saturated heterocycles. The first-order valence-electron chi connectivity index (χ1n) is 11.2. The lowest BCUT2D eigenvalue weighted by Crippen LogP contribution is -2.36. The summed E-state index contributed by atoms with van der Waals surface area (Å²) in [6.07, 6.45) is 10.6. The van der Waals surface area contributed by atoms with Gasteiger partial charge in [-0.1, -0.05) is 13.0 Å². The van der Waals surface area contributed by atoms with Gasteiger partial charge in [0.2, 0.25) is 0 Å². The maximum atomic E-state index is 13.0. The zero-order chi connectivity index (χ0) is 22.7. The van der Waals surface area contributed by atoms with Gasteiger partial charge in [0.05, 0.1) is 19.2 Å². The molecule has 2 aliphatic heterocycles. The summed E-state index contributed by atoms with van der Waals surface area (Å²) in [5.74, 6) is 1.79. The molecule has 1 aliphatic carbocycles. The number of amides is 1. The van der Waals surface area contributed by atoms with Gasteiger partial charge in [0.25, 0.3) is 5.91 Å². The van der Waals surface area contributed by atoms with Gasteiger partial charge in [-0.05, 0) is 44.4 Å². The zero-order valence-corrected chi connectivity index (χ0v) is 18.9. The van der Waals surface area contributed by atoms with Crippen LogP contribution in [0.4, 0.5) is 5.82 Å². The maximum absolute atomic E-state index is 13.0. The first kappa shape index (κ1) is 21.9. The molecule has 3 heterocycles. The summed E-state index contributed by atoms with van der Waals surface area (Å²) >= 11 is 0. The van der Waals surface area contributed by atoms with Gasteiger partial charge in [-0.2, -0.15) is 0 Å². The summed E-state index contributed by atoms with van der Waals surface area (Å²) in [5, 5.41) is 0. The Bertz CT molecular complexity index is 1010. The van der Waals surface area contributed by atoms with Crippen molar-refractivity contribution in [3.05, 3.63) is 47.5 Å². The van der Waals surface area contributed by atoms with E-state index in [-0.39, 0.29) is 17.8 Å². The molecule has 0 bridgehead atoms. The normalized spacial score (nSPS) is 22.3. The van der Waals surface area contributed by atoms with Crippen molar-refractivity contribution in [2.24, 2.45) is 10.9 Å². The first-order chi connectivity index (χ1) is 15.5. The van der Waals surface area contributed by atoms with E-state index in [0.717, 1.165) is 43.3 Å². The van der Waals surface area contributed by atoms with Crippen LogP contribution < -0.4 is 9.64 Å². The SMILES string of the molecule is C/C=C(\N=C1C=CC(C(=O)OC)=CC1C)N1CCOc2cc(C(=O)N3CCCCC3)[nH]c21. The van der Waals surface area contributed by atoms with Crippen LogP contribution in [0.2, 0.25) is 0 Å². The lowest BCUT2D eigenvalue weighted by atomic mass is 9.96. The highest BCUT2D eigenvalue weighted by molar-refractivity contribution is 6.04. The minimum Gasteiger partial charge on any atom is -0.488 e. The standard InChI is InChI=1S/C24H30N4O4/c1-4-21(25-18-9-8-17(14-16(18)2)24(30)31-3)28-12-13-32-20-15-19(26-22(20)28)23(29)27-10-6-5-7-11-27/h4,8-9,14-16,26H,5-7,10-13H2,1-3H3/b21-4+,25-18?. The molecule has 32 heavy (non-hydrogen) atoms. The predicted octanol–water partition coefficient (Wildman–Crippen LogP) is 3.45. The third kappa shape index (κ3) is 4.35. The van der Waals surface area contributed by atoms with Crippen LogP contribution in [0.1, 0.15) is 43.6 Å². The number of nitrogens with one attached hydrogen (secondary N) is 1. The number of fused-ring (bicyclic) bond motifs is 1. The van der Waals surface area contributed by atoms with E-state index in [0.29, 0.717) is 30.2 Å². The highest BCUT2D eigenvalue weighted by Gasteiger charge is 2.28. The number of ether oxygens (including phenoxy) is 2. The third-order valence-corrected chi connectivity index (χ3v) is 6.01. The van der Waals surface area contributed by atoms with Gasteiger partial charge in [0.1, 0.15) is 18.1 Å². The number of aromatic nitrogens is 1. The van der Waals surface area contributed by atoms with E-state index in [1.807, 2.05) is 41.9 Å². The van der Waals surface area contributed by atoms with Gasteiger partial charge in [0, 0.05) is 30.8 Å². The van der Waals surface area contributed by atoms with Crippen LogP contribution in [0.5, 0.6) is 5.75 Å². The van der Waals surface area contributed by atoms with Gasteiger partial charge >= 0.3 is 5.97 Å². The molecule has 1 unspecified atom stereocenters. The van der Waals surface area contributed by atoms with E-state index < -0.39 is 0 Å². The number of carbonyl (C=O) groups is 2. The van der Waals surface area contributed by atoms with Crippen LogP contribution in [0.25, 0.3) is 0 Å². The number of H-pyrrole nitrogens is 1. The van der Waals surface area contributed by atoms with E-state index in [1.165, 1.54) is 13.5 Å². The van der Waals surface area contributed by atoms with Gasteiger partial charge in [0.15, 0.2) is 11.6 Å². The monoisotopic (exact) mass is 438 g/mol. The van der Waals surface area contributed by atoms with Crippen molar-refractivity contribution in [2.75, 3.05) is 38.3 Å². The van der Waals surface area contributed by atoms with Crippen LogP contribution >= 0.6 is 0 Å². The number of carbonyl (C=O) groups excluding carboxylic acids is 2. The molecule has 3 aliphatic rings. The Morgan fingerprint density at radius 3 is 2.69 bits per heavy atom. The minimum atomic E-state index is -0.353. The second-order valence-corrected chi connectivity index (χ2v) is 8.17. The maximum Gasteiger partial charge on any atom is 0.337 e. The van der Waals surface area contributed by atoms with Crippen LogP contribution in [0.3, 0.4) is 0 Å². The van der Waals surface area contributed by atoms with Gasteiger partial charge in [-0.15, -0.1) is 0 Å². The number of methoxy groups -OCH3 is 1. The van der Waals surface area contributed by atoms with Crippen LogP contribution in [0, 0.1) is 5.92 Å². The lowest BCUT2D eigenvalue weighted by molar-refractivity contribution is -0.135. The Labute approximate surface area is 188 Å². The molecular formula is C24H30N4O4. The average molecular weight is 439 g/mol. The van der Waals surface area contributed by atoms with Crippen LogP contribution in [-0.2, 0) is 9.53 Å². The molecule has 0 aromatic carbocycles. The van der Waals surface area contributed by atoms with Crippen molar-refractivity contribution in [2.45, 2.75) is 33.1 Å². The van der Waals surface area contributed by atoms with E-state index in [4.69, 9.17) is 14.5 Å². The molecule has 8 heteroatoms. The second-order valence-electron chi connectivity index (χ2n) is 8.17. The number of likely N-dealkylation sites (tertiary alicyclic amines) is 1. The molecule has 1 atom stereocenters. The van der Waals surface area contributed by atoms with E-state index >= 15 is 0 Å². The van der Waals surface area contributed by atoms with Crippen LogP contribution in [-0.4, -0.2) is 60.8 Å². The highest BCUT2D eigenvalue weighted by atomic mass is 16.5. The van der Waals surface area contributed by atoms with Crippen molar-refractivity contribution in [1.29, 1.82) is 0 Å². The fourth-order valence-electron chi connectivity index (χ4n) is 4.25. The Hall–Kier alpha value is -3.29. The average Bonchev–Trinajstić information content (AvgIpc) is 3.27. The largest absolute Gasteiger partial charge is 0.488 e. The Morgan fingerprint density at radius 2 is 2.00 bits per heavy atom. The summed E-state index contributed by atoms with van der Waals surface area (Å²) in [5.41, 5.74) is 1.92. The molecule has 0 saturated carbocycles. The van der Waals surface area contributed by atoms with Crippen molar-refractivity contribution in [1.82, 2.24) is 9.88 Å². The fourth-order valence-corrected chi connectivity index (χ4v) is 4.25. The number of hydrogen-bond acceptors (Lipinski definition) is 6. The molecule has 4 rings (SSSR count). The quantitative estimate of drug-likeness (QED) is 0.728. The molecule has 1 aromatic heterocycles. The van der Waals surface area contributed by atoms with E-state index in [9.17, 15) is 9.59 Å². The van der Waals surface area contributed by atoms with Gasteiger partial charge < -0.3 is 24.3 Å². The van der Waals surface area contributed by atoms with E-state index in [1.54, 1.807) is 12.1 Å². The molecule has 1 aromatic rings. The predicted molar refractivity (Wildman–Crippen MR) is 123 cm³/mol. The molecule has 1 fully saturated rings. The number of allylic oxidation sites excluding steroid dienone is 3. The van der Waals surface area contributed by atoms with E-state index in [2.05, 4.69) is 4.98 Å². The number of anilines is 1. The molecule has 0 radical (unpaired) electrons. The number of piperidine rings is 1. The summed E-state index contributed by atoms with van der Waals surface area (Å²) in [6, 6.07) is 1.80. The molecule has 1 N–H and O–H groups in total. The number of rotatable bonds is 4. The summed E-state index contributed by atoms with van der Waals surface area (Å²) < 4.78 is 10.6. The molecule has 170 valence electrons. The first-order valence-corrected chi connectivity index (χ1v) is 11.2. The lowest BCUT2D eigenvalue weighted by Gasteiger charge is -2.29. The summed E-state index contributed by atoms with van der Waals surface area (Å²) in [7, 11) is 1.37. The molecule has 8 nitrogen and oxygen atoms in total. The zero-order valence-electron chi connectivity index (χ0n) is 18.9. The second kappa shape index (κ2) is 9.46. The van der Waals surface area contributed by atoms with Crippen molar-refractivity contribution in [3.63, 3.8) is 0 Å². The van der Waals surface area contributed by atoms with Gasteiger partial charge in [-0.3, -0.25) is 4.79 Å². The smallest absolute Gasteiger partial charge is 0.337 e. The Kier molecular flexibility index (Phi) is 6.48. The highest BCUT2D eigenvalue weighted by Crippen LogP contribution is 2.35. The molecule has 0 spiro atoms. The number of hydrogen-bond donors (Lipinski definition) is 1. The number of esters is 1. The Balaban J connectivity index is 1.57. The van der Waals surface area contributed by atoms with Crippen molar-refractivity contribution >= 4 is 23.4 Å². The molecule has 1 amide bonds. The summed E-state index contributed by atoms with van der Waals surface area (Å²) in [4.78, 5) is 36.9. The molecular weight excluding hydrogens is 408 g/mol. The van der Waals surface area contributed by atoms with Gasteiger partial charge in [-0.25, -0.2) is 9.79 Å².